The van der Waals surface area contributed by atoms with Crippen molar-refractivity contribution < 1.29 is 14.3 Å². The zero-order valence-electron chi connectivity index (χ0n) is 12.9. The molecule has 5 heteroatoms. The van der Waals surface area contributed by atoms with E-state index in [1.54, 1.807) is 25.1 Å². The highest BCUT2D eigenvalue weighted by Crippen LogP contribution is 2.33. The van der Waals surface area contributed by atoms with Gasteiger partial charge in [0.2, 0.25) is 0 Å². The number of aromatic hydroxyl groups is 1. The van der Waals surface area contributed by atoms with Crippen LogP contribution in [-0.4, -0.2) is 12.2 Å². The first-order valence-electron chi connectivity index (χ1n) is 7.03. The number of rotatable bonds is 2. The first-order chi connectivity index (χ1) is 10.9. The van der Waals surface area contributed by atoms with Crippen LogP contribution in [0.1, 0.15) is 11.1 Å². The van der Waals surface area contributed by atoms with E-state index in [9.17, 15) is 9.90 Å². The summed E-state index contributed by atoms with van der Waals surface area (Å²) in [5.41, 5.74) is 2.53. The number of fused-ring (bicyclic) bond motifs is 1. The molecule has 0 fully saturated rings. The van der Waals surface area contributed by atoms with Gasteiger partial charge in [-0.1, -0.05) is 11.6 Å². The minimum Gasteiger partial charge on any atom is -0.504 e. The van der Waals surface area contributed by atoms with Crippen molar-refractivity contribution in [2.75, 3.05) is 7.11 Å². The second-order valence-electron chi connectivity index (χ2n) is 5.37. The lowest BCUT2D eigenvalue weighted by molar-refractivity contribution is 0.373. The summed E-state index contributed by atoms with van der Waals surface area (Å²) in [7, 11) is 1.46. The van der Waals surface area contributed by atoms with Gasteiger partial charge in [-0.3, -0.25) is 4.79 Å². The van der Waals surface area contributed by atoms with Crippen molar-refractivity contribution in [3.63, 3.8) is 0 Å². The summed E-state index contributed by atoms with van der Waals surface area (Å²) in [5.74, 6) is 0.744. The van der Waals surface area contributed by atoms with Gasteiger partial charge >= 0.3 is 0 Å². The molecule has 2 aromatic carbocycles. The van der Waals surface area contributed by atoms with E-state index in [1.807, 2.05) is 6.92 Å². The summed E-state index contributed by atoms with van der Waals surface area (Å²) in [6, 6.07) is 7.96. The molecular weight excluding hydrogens is 316 g/mol. The van der Waals surface area contributed by atoms with Crippen LogP contribution in [-0.2, 0) is 0 Å². The van der Waals surface area contributed by atoms with Crippen LogP contribution in [0.3, 0.4) is 0 Å². The Bertz CT molecular complexity index is 973. The van der Waals surface area contributed by atoms with E-state index in [-0.39, 0.29) is 11.2 Å². The Labute approximate surface area is 137 Å². The Hall–Kier alpha value is -2.46. The van der Waals surface area contributed by atoms with Crippen molar-refractivity contribution in [2.45, 2.75) is 13.8 Å². The predicted octanol–water partition coefficient (Wildman–Crippen LogP) is 4.44. The van der Waals surface area contributed by atoms with Gasteiger partial charge < -0.3 is 14.3 Å². The maximum atomic E-state index is 12.5. The maximum absolute atomic E-state index is 12.5. The van der Waals surface area contributed by atoms with Crippen LogP contribution in [0.15, 0.2) is 39.5 Å². The van der Waals surface area contributed by atoms with Crippen molar-refractivity contribution in [3.05, 3.63) is 56.7 Å². The molecule has 0 aliphatic carbocycles. The number of phenols is 1. The third-order valence-electron chi connectivity index (χ3n) is 3.84. The number of hydrogen-bond acceptors (Lipinski definition) is 4. The summed E-state index contributed by atoms with van der Waals surface area (Å²) >= 11 is 6.22. The molecule has 3 rings (SSSR count). The average molecular weight is 331 g/mol. The number of methoxy groups -OCH3 is 1. The van der Waals surface area contributed by atoms with E-state index in [0.29, 0.717) is 38.6 Å². The number of aryl methyl sites for hydroxylation is 2. The average Bonchev–Trinajstić information content (AvgIpc) is 2.52. The van der Waals surface area contributed by atoms with Crippen molar-refractivity contribution in [3.8, 4) is 22.8 Å². The fourth-order valence-electron chi connectivity index (χ4n) is 2.62. The molecule has 0 unspecified atom stereocenters. The first kappa shape index (κ1) is 15.4. The van der Waals surface area contributed by atoms with Gasteiger partial charge in [-0.25, -0.2) is 0 Å². The van der Waals surface area contributed by atoms with E-state index >= 15 is 0 Å². The normalized spacial score (nSPS) is 11.0. The van der Waals surface area contributed by atoms with Gasteiger partial charge in [0.25, 0.3) is 0 Å². The molecule has 1 N–H and O–H groups in total. The standard InChI is InChI=1S/C18H15ClO4/c1-9-6-16-17(10(2)18(9)19)13(21)8-14(23-16)11-4-5-12(20)15(7-11)22-3/h4-8,20H,1-3H3. The molecular formula is C18H15ClO4. The second-order valence-corrected chi connectivity index (χ2v) is 5.75. The third-order valence-corrected chi connectivity index (χ3v) is 4.42. The summed E-state index contributed by atoms with van der Waals surface area (Å²) in [6.45, 7) is 3.67. The number of hydrogen-bond donors (Lipinski definition) is 1. The molecule has 118 valence electrons. The van der Waals surface area contributed by atoms with Gasteiger partial charge in [0.1, 0.15) is 11.3 Å². The number of benzene rings is 2. The molecule has 0 radical (unpaired) electrons. The zero-order chi connectivity index (χ0) is 16.7. The molecule has 23 heavy (non-hydrogen) atoms. The minimum atomic E-state index is -0.160. The quantitative estimate of drug-likeness (QED) is 0.754. The lowest BCUT2D eigenvalue weighted by atomic mass is 10.0. The highest BCUT2D eigenvalue weighted by molar-refractivity contribution is 6.33. The fourth-order valence-corrected chi connectivity index (χ4v) is 2.77. The molecule has 1 aromatic heterocycles. The molecule has 0 aliphatic heterocycles. The van der Waals surface area contributed by atoms with Gasteiger partial charge in [-0.2, -0.15) is 0 Å². The smallest absolute Gasteiger partial charge is 0.193 e. The van der Waals surface area contributed by atoms with E-state index in [2.05, 4.69) is 0 Å². The minimum absolute atomic E-state index is 0.0258. The Balaban J connectivity index is 2.29. The molecule has 0 saturated heterocycles. The molecule has 4 nitrogen and oxygen atoms in total. The van der Waals surface area contributed by atoms with Gasteiger partial charge in [0.05, 0.1) is 12.5 Å². The maximum Gasteiger partial charge on any atom is 0.193 e. The van der Waals surface area contributed by atoms with Crippen molar-refractivity contribution in [1.82, 2.24) is 0 Å². The lowest BCUT2D eigenvalue weighted by Crippen LogP contribution is -2.03. The Morgan fingerprint density at radius 1 is 1.17 bits per heavy atom. The van der Waals surface area contributed by atoms with Gasteiger partial charge in [-0.15, -0.1) is 0 Å². The van der Waals surface area contributed by atoms with Crippen LogP contribution in [0.4, 0.5) is 0 Å². The Kier molecular flexibility index (Phi) is 3.78. The fraction of sp³-hybridized carbons (Fsp3) is 0.167. The largest absolute Gasteiger partial charge is 0.504 e. The molecule has 0 saturated carbocycles. The molecule has 0 spiro atoms. The van der Waals surface area contributed by atoms with Crippen LogP contribution < -0.4 is 10.2 Å². The highest BCUT2D eigenvalue weighted by atomic mass is 35.5. The Morgan fingerprint density at radius 3 is 2.61 bits per heavy atom. The molecule has 1 heterocycles. The molecule has 0 bridgehead atoms. The number of halogens is 1. The summed E-state index contributed by atoms with van der Waals surface area (Å²) < 4.78 is 11.0. The molecule has 0 aliphatic rings. The topological polar surface area (TPSA) is 59.7 Å². The second kappa shape index (κ2) is 5.63. The third kappa shape index (κ3) is 2.55. The SMILES string of the molecule is COc1cc(-c2cc(=O)c3c(C)c(Cl)c(C)cc3o2)ccc1O. The van der Waals surface area contributed by atoms with Crippen LogP contribution in [0.5, 0.6) is 11.5 Å². The number of phenolic OH excluding ortho intramolecular Hbond substituents is 1. The van der Waals surface area contributed by atoms with E-state index in [0.717, 1.165) is 5.56 Å². The molecule has 0 atom stereocenters. The van der Waals surface area contributed by atoms with Crippen LogP contribution in [0, 0.1) is 13.8 Å². The highest BCUT2D eigenvalue weighted by Gasteiger charge is 2.14. The van der Waals surface area contributed by atoms with Crippen LogP contribution >= 0.6 is 11.6 Å². The van der Waals surface area contributed by atoms with Gasteiger partial charge in [0, 0.05) is 16.7 Å². The summed E-state index contributed by atoms with van der Waals surface area (Å²) in [5, 5.41) is 10.7. The van der Waals surface area contributed by atoms with Crippen molar-refractivity contribution >= 4 is 22.6 Å². The van der Waals surface area contributed by atoms with Gasteiger partial charge in [0.15, 0.2) is 16.9 Å². The van der Waals surface area contributed by atoms with Crippen LogP contribution in [0.25, 0.3) is 22.3 Å². The lowest BCUT2D eigenvalue weighted by Gasteiger charge is -2.10. The molecule has 0 amide bonds. The summed E-state index contributed by atoms with van der Waals surface area (Å²) in [4.78, 5) is 12.5. The van der Waals surface area contributed by atoms with Gasteiger partial charge in [-0.05, 0) is 49.2 Å². The van der Waals surface area contributed by atoms with Crippen LogP contribution in [0.2, 0.25) is 5.02 Å². The first-order valence-corrected chi connectivity index (χ1v) is 7.41. The predicted molar refractivity (Wildman–Crippen MR) is 90.6 cm³/mol. The summed E-state index contributed by atoms with van der Waals surface area (Å²) in [6.07, 6.45) is 0. The number of ether oxygens (including phenoxy) is 1. The van der Waals surface area contributed by atoms with E-state index in [4.69, 9.17) is 20.8 Å². The zero-order valence-corrected chi connectivity index (χ0v) is 13.7. The van der Waals surface area contributed by atoms with E-state index < -0.39 is 0 Å². The van der Waals surface area contributed by atoms with E-state index in [1.165, 1.54) is 19.2 Å². The monoisotopic (exact) mass is 330 g/mol. The molecule has 3 aromatic rings. The van der Waals surface area contributed by atoms with Crippen molar-refractivity contribution in [2.24, 2.45) is 0 Å². The van der Waals surface area contributed by atoms with Crippen molar-refractivity contribution in [1.29, 1.82) is 0 Å². The Morgan fingerprint density at radius 2 is 1.91 bits per heavy atom.